The maximum absolute atomic E-state index is 12.7. The second-order valence-corrected chi connectivity index (χ2v) is 8.08. The van der Waals surface area contributed by atoms with Crippen LogP contribution in [-0.2, 0) is 22.7 Å². The summed E-state index contributed by atoms with van der Waals surface area (Å²) in [6.07, 6.45) is 0.191. The van der Waals surface area contributed by atoms with Crippen LogP contribution in [0.2, 0.25) is 0 Å². The summed E-state index contributed by atoms with van der Waals surface area (Å²) >= 11 is 0. The number of amides is 2. The first-order valence-electron chi connectivity index (χ1n) is 10.9. The van der Waals surface area contributed by atoms with Gasteiger partial charge >= 0.3 is 0 Å². The molecule has 0 saturated carbocycles. The van der Waals surface area contributed by atoms with Crippen molar-refractivity contribution in [2.45, 2.75) is 19.6 Å². The molecule has 2 heterocycles. The van der Waals surface area contributed by atoms with Crippen molar-refractivity contribution >= 4 is 17.5 Å². The summed E-state index contributed by atoms with van der Waals surface area (Å²) in [6, 6.07) is 23.0. The third-order valence-corrected chi connectivity index (χ3v) is 5.80. The molecule has 1 N–H and O–H groups in total. The largest absolute Gasteiger partial charge is 0.489 e. The monoisotopic (exact) mass is 444 g/mol. The van der Waals surface area contributed by atoms with Crippen molar-refractivity contribution in [3.63, 3.8) is 0 Å². The quantitative estimate of drug-likeness (QED) is 0.602. The molecule has 1 fully saturated rings. The first-order valence-corrected chi connectivity index (χ1v) is 10.9. The molecule has 7 heteroatoms. The van der Waals surface area contributed by atoms with E-state index in [9.17, 15) is 9.59 Å². The normalized spacial score (nSPS) is 16.7. The molecule has 1 atom stereocenters. The molecular formula is C26H24N2O5. The average Bonchev–Trinajstić information content (AvgIpc) is 3.48. The lowest BCUT2D eigenvalue weighted by Gasteiger charge is -2.17. The molecule has 0 aliphatic carbocycles. The van der Waals surface area contributed by atoms with E-state index < -0.39 is 0 Å². The highest BCUT2D eigenvalue weighted by molar-refractivity contribution is 6.00. The van der Waals surface area contributed by atoms with Gasteiger partial charge in [-0.3, -0.25) is 9.59 Å². The van der Waals surface area contributed by atoms with Crippen LogP contribution in [0, 0.1) is 5.92 Å². The van der Waals surface area contributed by atoms with Crippen molar-refractivity contribution in [2.75, 3.05) is 18.2 Å². The molecule has 2 amide bonds. The highest BCUT2D eigenvalue weighted by Crippen LogP contribution is 2.37. The Kier molecular flexibility index (Phi) is 5.85. The summed E-state index contributed by atoms with van der Waals surface area (Å²) in [6.45, 7) is 1.42. The number of carbonyl (C=O) groups excluding carboxylic acids is 2. The van der Waals surface area contributed by atoms with E-state index in [1.807, 2.05) is 60.7 Å². The molecule has 7 nitrogen and oxygen atoms in total. The molecule has 0 aromatic heterocycles. The maximum atomic E-state index is 12.7. The Morgan fingerprint density at radius 2 is 1.73 bits per heavy atom. The number of para-hydroxylation sites is 1. The minimum absolute atomic E-state index is 0.0724. The molecule has 1 saturated heterocycles. The van der Waals surface area contributed by atoms with Gasteiger partial charge in [0.2, 0.25) is 18.6 Å². The highest BCUT2D eigenvalue weighted by atomic mass is 16.7. The Bertz CT molecular complexity index is 1150. The van der Waals surface area contributed by atoms with Crippen molar-refractivity contribution in [3.8, 4) is 17.2 Å². The van der Waals surface area contributed by atoms with Gasteiger partial charge in [0.25, 0.3) is 0 Å². The topological polar surface area (TPSA) is 77.1 Å². The molecular weight excluding hydrogens is 420 g/mol. The van der Waals surface area contributed by atoms with Gasteiger partial charge in [-0.2, -0.15) is 0 Å². The predicted molar refractivity (Wildman–Crippen MR) is 122 cm³/mol. The van der Waals surface area contributed by atoms with Gasteiger partial charge in [-0.05, 0) is 35.4 Å². The summed E-state index contributed by atoms with van der Waals surface area (Å²) in [5.74, 6) is 1.53. The molecule has 1 unspecified atom stereocenters. The van der Waals surface area contributed by atoms with Crippen molar-refractivity contribution < 1.29 is 23.8 Å². The highest BCUT2D eigenvalue weighted by Gasteiger charge is 2.35. The number of rotatable bonds is 7. The minimum Gasteiger partial charge on any atom is -0.489 e. The zero-order valence-electron chi connectivity index (χ0n) is 18.0. The molecule has 0 bridgehead atoms. The van der Waals surface area contributed by atoms with Crippen LogP contribution in [-0.4, -0.2) is 25.2 Å². The molecule has 0 spiro atoms. The van der Waals surface area contributed by atoms with E-state index in [0.29, 0.717) is 36.9 Å². The third kappa shape index (κ3) is 4.77. The predicted octanol–water partition coefficient (Wildman–Crippen LogP) is 3.66. The van der Waals surface area contributed by atoms with E-state index >= 15 is 0 Å². The number of nitrogens with one attached hydrogen (secondary N) is 1. The Labute approximate surface area is 191 Å². The van der Waals surface area contributed by atoms with Crippen LogP contribution in [0.1, 0.15) is 17.5 Å². The van der Waals surface area contributed by atoms with Crippen LogP contribution < -0.4 is 24.4 Å². The van der Waals surface area contributed by atoms with Crippen LogP contribution in [0.5, 0.6) is 17.2 Å². The van der Waals surface area contributed by atoms with Gasteiger partial charge in [0.15, 0.2) is 11.5 Å². The maximum Gasteiger partial charge on any atom is 0.231 e. The Balaban J connectivity index is 1.12. The first-order chi connectivity index (χ1) is 16.2. The van der Waals surface area contributed by atoms with Crippen LogP contribution >= 0.6 is 0 Å². The standard InChI is InChI=1S/C26H24N2O5/c29-25-12-20(15-28(25)21-10-11-23-24(13-21)33-17-32-23)26(30)27-14-18-6-8-19(9-7-18)16-31-22-4-2-1-3-5-22/h1-11,13,20H,12,14-17H2,(H,27,30). The minimum atomic E-state index is -0.388. The van der Waals surface area contributed by atoms with Gasteiger partial charge in [0, 0.05) is 31.3 Å². The number of nitrogens with zero attached hydrogens (tertiary/aromatic N) is 1. The van der Waals surface area contributed by atoms with Crippen molar-refractivity contribution in [1.82, 2.24) is 5.32 Å². The van der Waals surface area contributed by atoms with E-state index in [1.54, 1.807) is 17.0 Å². The molecule has 168 valence electrons. The molecule has 3 aromatic rings. The number of fused-ring (bicyclic) bond motifs is 1. The smallest absolute Gasteiger partial charge is 0.231 e. The molecule has 5 rings (SSSR count). The first kappa shape index (κ1) is 20.9. The van der Waals surface area contributed by atoms with Crippen LogP contribution in [0.25, 0.3) is 0 Å². The van der Waals surface area contributed by atoms with Gasteiger partial charge in [0.05, 0.1) is 5.92 Å². The number of benzene rings is 3. The fourth-order valence-electron chi connectivity index (χ4n) is 3.96. The van der Waals surface area contributed by atoms with Crippen molar-refractivity contribution in [3.05, 3.63) is 83.9 Å². The van der Waals surface area contributed by atoms with E-state index in [2.05, 4.69) is 5.32 Å². The van der Waals surface area contributed by atoms with Gasteiger partial charge in [-0.25, -0.2) is 0 Å². The van der Waals surface area contributed by atoms with Gasteiger partial charge in [-0.1, -0.05) is 42.5 Å². The number of carbonyl (C=O) groups is 2. The second kappa shape index (κ2) is 9.24. The van der Waals surface area contributed by atoms with E-state index in [0.717, 1.165) is 16.9 Å². The Morgan fingerprint density at radius 1 is 0.970 bits per heavy atom. The molecule has 0 radical (unpaired) electrons. The lowest BCUT2D eigenvalue weighted by Crippen LogP contribution is -2.32. The van der Waals surface area contributed by atoms with Crippen molar-refractivity contribution in [1.29, 1.82) is 0 Å². The van der Waals surface area contributed by atoms with Gasteiger partial charge in [-0.15, -0.1) is 0 Å². The van der Waals surface area contributed by atoms with Crippen LogP contribution in [0.15, 0.2) is 72.8 Å². The van der Waals surface area contributed by atoms with Gasteiger partial charge < -0.3 is 24.4 Å². The lowest BCUT2D eigenvalue weighted by atomic mass is 10.1. The summed E-state index contributed by atoms with van der Waals surface area (Å²) < 4.78 is 16.5. The summed E-state index contributed by atoms with van der Waals surface area (Å²) in [5.41, 5.74) is 2.76. The summed E-state index contributed by atoms with van der Waals surface area (Å²) in [5, 5.41) is 2.96. The fraction of sp³-hybridized carbons (Fsp3) is 0.231. The fourth-order valence-corrected chi connectivity index (χ4v) is 3.96. The molecule has 33 heavy (non-hydrogen) atoms. The van der Waals surface area contributed by atoms with E-state index in [-0.39, 0.29) is 30.9 Å². The second-order valence-electron chi connectivity index (χ2n) is 8.08. The third-order valence-electron chi connectivity index (χ3n) is 5.80. The average molecular weight is 444 g/mol. The van der Waals surface area contributed by atoms with Gasteiger partial charge in [0.1, 0.15) is 12.4 Å². The number of hydrogen-bond acceptors (Lipinski definition) is 5. The lowest BCUT2D eigenvalue weighted by molar-refractivity contribution is -0.126. The molecule has 2 aliphatic heterocycles. The summed E-state index contributed by atoms with van der Waals surface area (Å²) in [7, 11) is 0. The number of hydrogen-bond donors (Lipinski definition) is 1. The van der Waals surface area contributed by atoms with E-state index in [1.165, 1.54) is 0 Å². The van der Waals surface area contributed by atoms with E-state index in [4.69, 9.17) is 14.2 Å². The van der Waals surface area contributed by atoms with Crippen LogP contribution in [0.4, 0.5) is 5.69 Å². The SMILES string of the molecule is O=C(NCc1ccc(COc2ccccc2)cc1)C1CC(=O)N(c2ccc3c(c2)OCO3)C1. The summed E-state index contributed by atoms with van der Waals surface area (Å²) in [4.78, 5) is 26.9. The molecule has 3 aromatic carbocycles. The zero-order valence-corrected chi connectivity index (χ0v) is 18.0. The van der Waals surface area contributed by atoms with Crippen LogP contribution in [0.3, 0.4) is 0 Å². The number of ether oxygens (including phenoxy) is 3. The molecule has 2 aliphatic rings. The number of anilines is 1. The van der Waals surface area contributed by atoms with Crippen molar-refractivity contribution in [2.24, 2.45) is 5.92 Å². The Hall–Kier alpha value is -4.00. The zero-order chi connectivity index (χ0) is 22.6. The Morgan fingerprint density at radius 3 is 2.55 bits per heavy atom.